The topological polar surface area (TPSA) is 241 Å². The van der Waals surface area contributed by atoms with E-state index in [0.29, 0.717) is 19.4 Å². The summed E-state index contributed by atoms with van der Waals surface area (Å²) in [5.41, 5.74) is 16.2. The predicted molar refractivity (Wildman–Crippen MR) is 148 cm³/mol. The van der Waals surface area contributed by atoms with Gasteiger partial charge in [0.15, 0.2) is 5.96 Å². The minimum absolute atomic E-state index is 0.0535. The summed E-state index contributed by atoms with van der Waals surface area (Å²) in [6.07, 6.45) is 3.60. The zero-order valence-corrected chi connectivity index (χ0v) is 22.8. The van der Waals surface area contributed by atoms with Gasteiger partial charge in [-0.05, 0) is 51.3 Å². The lowest BCUT2D eigenvalue weighted by Crippen LogP contribution is -2.56. The molecule has 0 aliphatic carbocycles. The summed E-state index contributed by atoms with van der Waals surface area (Å²) in [5, 5.41) is 16.8. The first-order valence-electron chi connectivity index (χ1n) is 13.2. The normalized spacial score (nSPS) is 12.8. The Kier molecular flexibility index (Phi) is 16.0. The Bertz CT molecular complexity index is 1000. The van der Waals surface area contributed by atoms with Gasteiger partial charge in [-0.25, -0.2) is 9.59 Å². The van der Waals surface area contributed by atoms with Crippen LogP contribution >= 0.6 is 0 Å². The number of hydrogen-bond acceptors (Lipinski definition) is 8. The number of nitrogens with zero attached hydrogens (tertiary/aromatic N) is 1. The molecule has 3 amide bonds. The first-order chi connectivity index (χ1) is 19.0. The zero-order valence-electron chi connectivity index (χ0n) is 22.8. The number of benzene rings is 1. The van der Waals surface area contributed by atoms with Crippen molar-refractivity contribution in [2.75, 3.05) is 19.7 Å². The van der Waals surface area contributed by atoms with Gasteiger partial charge in [0.2, 0.25) is 17.7 Å². The third-order valence-electron chi connectivity index (χ3n) is 5.71. The molecule has 0 fully saturated rings. The largest absolute Gasteiger partial charge is 0.480 e. The highest BCUT2D eigenvalue weighted by molar-refractivity contribution is 5.94. The molecule has 0 aliphatic heterocycles. The second-order valence-corrected chi connectivity index (χ2v) is 9.12. The minimum Gasteiger partial charge on any atom is -0.480 e. The fourth-order valence-electron chi connectivity index (χ4n) is 3.49. The van der Waals surface area contributed by atoms with Gasteiger partial charge in [-0.1, -0.05) is 31.0 Å². The number of carboxylic acids is 1. The summed E-state index contributed by atoms with van der Waals surface area (Å²) in [6, 6.07) is 4.44. The molecule has 14 nitrogen and oxygen atoms in total. The third kappa shape index (κ3) is 14.1. The standard InChI is InChI=1S/C26H41N7O7/c1-17(22(35)33-19(24(37)38)12-9-15-30-26(28)29)31-23(36)20(32-21(34)13-7-2-3-8-14-27)16-40-25(39)18-10-5-4-6-11-18/h4-6,10-11,17,19-20H,2-3,7-9,12-16,27H2,1H3,(H,31,36)(H,32,34)(H,33,35)(H,37,38)(H4,28,29,30)/t17-,19-,20-/m0/s1. The third-order valence-corrected chi connectivity index (χ3v) is 5.71. The second-order valence-electron chi connectivity index (χ2n) is 9.12. The van der Waals surface area contributed by atoms with Crippen LogP contribution in [0.2, 0.25) is 0 Å². The Morgan fingerprint density at radius 1 is 0.900 bits per heavy atom. The molecule has 40 heavy (non-hydrogen) atoms. The van der Waals surface area contributed by atoms with Crippen LogP contribution in [-0.2, 0) is 23.9 Å². The molecular formula is C26H41N7O7. The molecule has 3 atom stereocenters. The van der Waals surface area contributed by atoms with Crippen LogP contribution in [-0.4, -0.2) is 78.5 Å². The van der Waals surface area contributed by atoms with Gasteiger partial charge < -0.3 is 43.0 Å². The van der Waals surface area contributed by atoms with Gasteiger partial charge in [-0.3, -0.25) is 19.4 Å². The number of carboxylic acid groups (broad SMARTS) is 1. The van der Waals surface area contributed by atoms with Crippen molar-refractivity contribution in [3.8, 4) is 0 Å². The molecule has 0 aromatic heterocycles. The number of ether oxygens (including phenoxy) is 1. The summed E-state index contributed by atoms with van der Waals surface area (Å²) in [4.78, 5) is 65.8. The van der Waals surface area contributed by atoms with Crippen LogP contribution in [0.5, 0.6) is 0 Å². The number of nitrogens with two attached hydrogens (primary N) is 3. The highest BCUT2D eigenvalue weighted by Crippen LogP contribution is 2.05. The SMILES string of the molecule is C[C@H](NC(=O)[C@H](COC(=O)c1ccccc1)NC(=O)CCCCCCN)C(=O)N[C@@H](CCCN=C(N)N)C(=O)O. The molecule has 1 aromatic carbocycles. The highest BCUT2D eigenvalue weighted by atomic mass is 16.5. The van der Waals surface area contributed by atoms with Crippen molar-refractivity contribution in [2.45, 2.75) is 70.0 Å². The van der Waals surface area contributed by atoms with Gasteiger partial charge >= 0.3 is 11.9 Å². The first-order valence-corrected chi connectivity index (χ1v) is 13.2. The number of unbranched alkanes of at least 4 members (excludes halogenated alkanes) is 3. The summed E-state index contributed by atoms with van der Waals surface area (Å²) < 4.78 is 5.24. The molecule has 0 spiro atoms. The van der Waals surface area contributed by atoms with E-state index in [-0.39, 0.29) is 30.9 Å². The minimum atomic E-state index is -1.28. The summed E-state index contributed by atoms with van der Waals surface area (Å²) in [6.45, 7) is 1.63. The summed E-state index contributed by atoms with van der Waals surface area (Å²) in [7, 11) is 0. The van der Waals surface area contributed by atoms with Crippen molar-refractivity contribution in [3.05, 3.63) is 35.9 Å². The molecular weight excluding hydrogens is 522 g/mol. The van der Waals surface area contributed by atoms with Crippen molar-refractivity contribution >= 4 is 35.6 Å². The van der Waals surface area contributed by atoms with Gasteiger partial charge in [0.05, 0.1) is 5.56 Å². The van der Waals surface area contributed by atoms with E-state index < -0.39 is 54.4 Å². The van der Waals surface area contributed by atoms with Gasteiger partial charge in [0.25, 0.3) is 0 Å². The molecule has 222 valence electrons. The maximum atomic E-state index is 13.0. The van der Waals surface area contributed by atoms with E-state index in [1.54, 1.807) is 30.3 Å². The number of hydrogen-bond donors (Lipinski definition) is 7. The Hall–Kier alpha value is -4.20. The number of nitrogens with one attached hydrogen (secondary N) is 3. The maximum absolute atomic E-state index is 13.0. The fourth-order valence-corrected chi connectivity index (χ4v) is 3.49. The molecule has 0 radical (unpaired) electrons. The molecule has 10 N–H and O–H groups in total. The Labute approximate surface area is 233 Å². The second kappa shape index (κ2) is 19.0. The molecule has 14 heteroatoms. The Balaban J connectivity index is 2.78. The lowest BCUT2D eigenvalue weighted by Gasteiger charge is -2.22. The number of guanidine groups is 1. The molecule has 0 saturated heterocycles. The predicted octanol–water partition coefficient (Wildman–Crippen LogP) is -0.635. The van der Waals surface area contributed by atoms with Gasteiger partial charge in [0.1, 0.15) is 24.7 Å². The summed E-state index contributed by atoms with van der Waals surface area (Å²) >= 11 is 0. The maximum Gasteiger partial charge on any atom is 0.338 e. The summed E-state index contributed by atoms with van der Waals surface area (Å²) in [5.74, 6) is -4.04. The van der Waals surface area contributed by atoms with Crippen LogP contribution in [0, 0.1) is 0 Å². The zero-order chi connectivity index (χ0) is 29.9. The van der Waals surface area contributed by atoms with Crippen LogP contribution in [0.4, 0.5) is 0 Å². The molecule has 0 unspecified atom stereocenters. The average molecular weight is 564 g/mol. The van der Waals surface area contributed by atoms with E-state index in [0.717, 1.165) is 19.3 Å². The molecule has 1 rings (SSSR count). The van der Waals surface area contributed by atoms with Crippen LogP contribution in [0.15, 0.2) is 35.3 Å². The number of amides is 3. The average Bonchev–Trinajstić information content (AvgIpc) is 2.92. The van der Waals surface area contributed by atoms with Crippen molar-refractivity contribution in [1.82, 2.24) is 16.0 Å². The van der Waals surface area contributed by atoms with E-state index in [9.17, 15) is 29.1 Å². The molecule has 0 saturated carbocycles. The number of carbonyl (C=O) groups is 5. The van der Waals surface area contributed by atoms with E-state index in [1.165, 1.54) is 6.92 Å². The van der Waals surface area contributed by atoms with Crippen molar-refractivity contribution < 1.29 is 33.8 Å². The number of rotatable bonds is 19. The molecule has 1 aromatic rings. The number of aliphatic carboxylic acids is 1. The highest BCUT2D eigenvalue weighted by Gasteiger charge is 2.28. The van der Waals surface area contributed by atoms with Crippen molar-refractivity contribution in [2.24, 2.45) is 22.2 Å². The van der Waals surface area contributed by atoms with Crippen molar-refractivity contribution in [1.29, 1.82) is 0 Å². The monoisotopic (exact) mass is 563 g/mol. The van der Waals surface area contributed by atoms with E-state index in [2.05, 4.69) is 20.9 Å². The molecule has 0 aliphatic rings. The van der Waals surface area contributed by atoms with E-state index in [1.807, 2.05) is 0 Å². The quantitative estimate of drug-likeness (QED) is 0.0486. The Morgan fingerprint density at radius 3 is 2.20 bits per heavy atom. The van der Waals surface area contributed by atoms with Gasteiger partial charge in [-0.2, -0.15) is 0 Å². The van der Waals surface area contributed by atoms with Gasteiger partial charge in [-0.15, -0.1) is 0 Å². The molecule has 0 heterocycles. The number of carbonyl (C=O) groups excluding carboxylic acids is 4. The Morgan fingerprint density at radius 2 is 1.57 bits per heavy atom. The van der Waals surface area contributed by atoms with Crippen LogP contribution < -0.4 is 33.2 Å². The van der Waals surface area contributed by atoms with Crippen LogP contribution in [0.1, 0.15) is 62.2 Å². The molecule has 0 bridgehead atoms. The number of esters is 1. The van der Waals surface area contributed by atoms with Crippen molar-refractivity contribution in [3.63, 3.8) is 0 Å². The van der Waals surface area contributed by atoms with Gasteiger partial charge in [0, 0.05) is 13.0 Å². The smallest absolute Gasteiger partial charge is 0.338 e. The van der Waals surface area contributed by atoms with Crippen LogP contribution in [0.3, 0.4) is 0 Å². The number of aliphatic imine (C=N–C) groups is 1. The fraction of sp³-hybridized carbons (Fsp3) is 0.538. The van der Waals surface area contributed by atoms with Crippen LogP contribution in [0.25, 0.3) is 0 Å². The lowest BCUT2D eigenvalue weighted by atomic mass is 10.1. The first kappa shape index (κ1) is 33.8. The lowest BCUT2D eigenvalue weighted by molar-refractivity contribution is -0.142. The van der Waals surface area contributed by atoms with E-state index >= 15 is 0 Å². The van der Waals surface area contributed by atoms with E-state index in [4.69, 9.17) is 21.9 Å².